The minimum atomic E-state index is -1.11. The number of carboxylic acid groups (broad SMARTS) is 1. The SMILES string of the molecule is CN(Cc1ccc(C(=O)O)o1)C(=O)N1CCc2ccccc2C1. The van der Waals surface area contributed by atoms with Gasteiger partial charge >= 0.3 is 12.0 Å². The van der Waals surface area contributed by atoms with Crippen LogP contribution in [0.4, 0.5) is 4.79 Å². The summed E-state index contributed by atoms with van der Waals surface area (Å²) in [6.07, 6.45) is 0.847. The Morgan fingerprint density at radius 3 is 2.65 bits per heavy atom. The quantitative estimate of drug-likeness (QED) is 0.945. The molecule has 0 aliphatic carbocycles. The van der Waals surface area contributed by atoms with Gasteiger partial charge in [0.25, 0.3) is 0 Å². The maximum absolute atomic E-state index is 12.5. The number of hydrogen-bond acceptors (Lipinski definition) is 3. The molecule has 0 fully saturated rings. The number of aromatic carboxylic acids is 1. The van der Waals surface area contributed by atoms with E-state index in [-0.39, 0.29) is 18.3 Å². The normalized spacial score (nSPS) is 13.5. The van der Waals surface area contributed by atoms with Gasteiger partial charge in [-0.3, -0.25) is 0 Å². The molecule has 1 aromatic heterocycles. The van der Waals surface area contributed by atoms with Gasteiger partial charge in [0, 0.05) is 20.1 Å². The van der Waals surface area contributed by atoms with Gasteiger partial charge in [0.2, 0.25) is 5.76 Å². The Bertz CT molecular complexity index is 738. The van der Waals surface area contributed by atoms with Crippen LogP contribution in [0, 0.1) is 0 Å². The highest BCUT2D eigenvalue weighted by atomic mass is 16.4. The van der Waals surface area contributed by atoms with Crippen molar-refractivity contribution in [3.8, 4) is 0 Å². The molecular weight excluding hydrogens is 296 g/mol. The third-order valence-corrected chi connectivity index (χ3v) is 3.99. The summed E-state index contributed by atoms with van der Waals surface area (Å²) in [5.74, 6) is -0.777. The van der Waals surface area contributed by atoms with Gasteiger partial charge < -0.3 is 19.3 Å². The first-order chi connectivity index (χ1) is 11.0. The lowest BCUT2D eigenvalue weighted by Crippen LogP contribution is -2.43. The topological polar surface area (TPSA) is 74.0 Å². The number of nitrogens with zero attached hydrogens (tertiary/aromatic N) is 2. The second kappa shape index (κ2) is 6.16. The van der Waals surface area contributed by atoms with Crippen molar-refractivity contribution in [3.63, 3.8) is 0 Å². The summed E-state index contributed by atoms with van der Waals surface area (Å²) in [5.41, 5.74) is 2.46. The van der Waals surface area contributed by atoms with E-state index in [1.165, 1.54) is 17.2 Å². The zero-order chi connectivity index (χ0) is 16.4. The molecule has 0 unspecified atom stereocenters. The average molecular weight is 314 g/mol. The summed E-state index contributed by atoms with van der Waals surface area (Å²) in [4.78, 5) is 26.7. The lowest BCUT2D eigenvalue weighted by molar-refractivity contribution is 0.0659. The molecule has 23 heavy (non-hydrogen) atoms. The van der Waals surface area contributed by atoms with Crippen LogP contribution in [0.2, 0.25) is 0 Å². The number of carboxylic acids is 1. The summed E-state index contributed by atoms with van der Waals surface area (Å²) >= 11 is 0. The predicted molar refractivity (Wildman–Crippen MR) is 83.1 cm³/mol. The average Bonchev–Trinajstić information content (AvgIpc) is 3.02. The van der Waals surface area contributed by atoms with E-state index in [1.807, 2.05) is 18.2 Å². The highest BCUT2D eigenvalue weighted by molar-refractivity contribution is 5.84. The third kappa shape index (κ3) is 3.21. The van der Waals surface area contributed by atoms with Crippen LogP contribution in [0.25, 0.3) is 0 Å². The zero-order valence-electron chi connectivity index (χ0n) is 12.9. The van der Waals surface area contributed by atoms with Crippen molar-refractivity contribution in [3.05, 3.63) is 59.0 Å². The van der Waals surface area contributed by atoms with E-state index in [9.17, 15) is 9.59 Å². The first-order valence-corrected chi connectivity index (χ1v) is 7.43. The summed E-state index contributed by atoms with van der Waals surface area (Å²) in [7, 11) is 1.69. The zero-order valence-corrected chi connectivity index (χ0v) is 12.9. The number of fused-ring (bicyclic) bond motifs is 1. The van der Waals surface area contributed by atoms with Crippen LogP contribution in [0.3, 0.4) is 0 Å². The van der Waals surface area contributed by atoms with Gasteiger partial charge in [-0.05, 0) is 29.7 Å². The number of urea groups is 1. The van der Waals surface area contributed by atoms with E-state index in [0.717, 1.165) is 6.42 Å². The van der Waals surface area contributed by atoms with Gasteiger partial charge in [-0.25, -0.2) is 9.59 Å². The second-order valence-electron chi connectivity index (χ2n) is 5.65. The molecule has 0 radical (unpaired) electrons. The number of carbonyl (C=O) groups excluding carboxylic acids is 1. The summed E-state index contributed by atoms with van der Waals surface area (Å²) in [6.45, 7) is 1.51. The summed E-state index contributed by atoms with van der Waals surface area (Å²) < 4.78 is 5.20. The van der Waals surface area contributed by atoms with Crippen molar-refractivity contribution in [1.29, 1.82) is 0 Å². The Balaban J connectivity index is 1.64. The van der Waals surface area contributed by atoms with Gasteiger partial charge in [-0.2, -0.15) is 0 Å². The molecule has 1 aliphatic rings. The Morgan fingerprint density at radius 1 is 1.22 bits per heavy atom. The van der Waals surface area contributed by atoms with Gasteiger partial charge in [0.15, 0.2) is 0 Å². The number of rotatable bonds is 3. The van der Waals surface area contributed by atoms with Crippen LogP contribution < -0.4 is 0 Å². The van der Waals surface area contributed by atoms with Crippen LogP contribution in [-0.4, -0.2) is 40.5 Å². The van der Waals surface area contributed by atoms with Gasteiger partial charge in [-0.1, -0.05) is 24.3 Å². The number of benzene rings is 1. The largest absolute Gasteiger partial charge is 0.475 e. The van der Waals surface area contributed by atoms with E-state index in [1.54, 1.807) is 22.9 Å². The molecule has 3 rings (SSSR count). The van der Waals surface area contributed by atoms with Crippen molar-refractivity contribution >= 4 is 12.0 Å². The van der Waals surface area contributed by atoms with E-state index >= 15 is 0 Å². The summed E-state index contributed by atoms with van der Waals surface area (Å²) in [6, 6.07) is 11.0. The molecule has 1 N–H and O–H groups in total. The molecule has 0 bridgehead atoms. The molecule has 120 valence electrons. The standard InChI is InChI=1S/C17H18N2O4/c1-18(11-14-6-7-15(23-14)16(20)21)17(22)19-9-8-12-4-2-3-5-13(12)10-19/h2-7H,8-11H2,1H3,(H,20,21). The Kier molecular flexibility index (Phi) is 4.06. The molecule has 2 aromatic rings. The predicted octanol–water partition coefficient (Wildman–Crippen LogP) is 2.59. The Labute approximate surface area is 133 Å². The van der Waals surface area contributed by atoms with Crippen LogP contribution in [-0.2, 0) is 19.5 Å². The molecule has 6 nitrogen and oxygen atoms in total. The molecule has 0 saturated heterocycles. The minimum absolute atomic E-state index is 0.0900. The van der Waals surface area contributed by atoms with E-state index in [2.05, 4.69) is 6.07 Å². The van der Waals surface area contributed by atoms with E-state index < -0.39 is 5.97 Å². The van der Waals surface area contributed by atoms with E-state index in [4.69, 9.17) is 9.52 Å². The van der Waals surface area contributed by atoms with Crippen LogP contribution >= 0.6 is 0 Å². The summed E-state index contributed by atoms with van der Waals surface area (Å²) in [5, 5.41) is 8.86. The number of carbonyl (C=O) groups is 2. The highest BCUT2D eigenvalue weighted by Crippen LogP contribution is 2.20. The molecule has 2 heterocycles. The number of hydrogen-bond donors (Lipinski definition) is 1. The number of furan rings is 1. The van der Waals surface area contributed by atoms with E-state index in [0.29, 0.717) is 18.8 Å². The molecule has 2 amide bonds. The maximum atomic E-state index is 12.5. The van der Waals surface area contributed by atoms with Gasteiger partial charge in [-0.15, -0.1) is 0 Å². The lowest BCUT2D eigenvalue weighted by Gasteiger charge is -2.32. The highest BCUT2D eigenvalue weighted by Gasteiger charge is 2.23. The Morgan fingerprint density at radius 2 is 1.96 bits per heavy atom. The van der Waals surface area contributed by atoms with Crippen molar-refractivity contribution in [2.75, 3.05) is 13.6 Å². The third-order valence-electron chi connectivity index (χ3n) is 3.99. The van der Waals surface area contributed by atoms with Crippen molar-refractivity contribution in [1.82, 2.24) is 9.80 Å². The molecule has 0 atom stereocenters. The molecule has 1 aromatic carbocycles. The maximum Gasteiger partial charge on any atom is 0.371 e. The van der Waals surface area contributed by atoms with Crippen LogP contribution in [0.5, 0.6) is 0 Å². The lowest BCUT2D eigenvalue weighted by atomic mass is 10.0. The molecular formula is C17H18N2O4. The first-order valence-electron chi connectivity index (χ1n) is 7.43. The fraction of sp³-hybridized carbons (Fsp3) is 0.294. The number of amides is 2. The van der Waals surface area contributed by atoms with Crippen molar-refractivity contribution in [2.45, 2.75) is 19.5 Å². The smallest absolute Gasteiger partial charge is 0.371 e. The molecule has 6 heteroatoms. The molecule has 0 spiro atoms. The molecule has 1 aliphatic heterocycles. The van der Waals surface area contributed by atoms with Crippen LogP contribution in [0.1, 0.15) is 27.4 Å². The van der Waals surface area contributed by atoms with Crippen molar-refractivity contribution in [2.24, 2.45) is 0 Å². The minimum Gasteiger partial charge on any atom is -0.475 e. The van der Waals surface area contributed by atoms with Crippen LogP contribution in [0.15, 0.2) is 40.8 Å². The van der Waals surface area contributed by atoms with Crippen molar-refractivity contribution < 1.29 is 19.1 Å². The fourth-order valence-electron chi connectivity index (χ4n) is 2.78. The van der Waals surface area contributed by atoms with Gasteiger partial charge in [0.05, 0.1) is 6.54 Å². The first kappa shape index (κ1) is 15.1. The molecule has 0 saturated carbocycles. The second-order valence-corrected chi connectivity index (χ2v) is 5.65. The monoisotopic (exact) mass is 314 g/mol. The fourth-order valence-corrected chi connectivity index (χ4v) is 2.78. The Hall–Kier alpha value is -2.76. The van der Waals surface area contributed by atoms with Gasteiger partial charge in [0.1, 0.15) is 5.76 Å².